The minimum atomic E-state index is -3.85. The second-order valence-corrected chi connectivity index (χ2v) is 9.07. The molecule has 1 amide bonds. The molecule has 1 N–H and O–H groups in total. The molecule has 25 heavy (non-hydrogen) atoms. The highest BCUT2D eigenvalue weighted by molar-refractivity contribution is 7.89. The Morgan fingerprint density at radius 2 is 2.04 bits per heavy atom. The number of thiazole rings is 1. The fourth-order valence-electron chi connectivity index (χ4n) is 2.78. The molecule has 0 radical (unpaired) electrons. The van der Waals surface area contributed by atoms with Crippen LogP contribution in [0.1, 0.15) is 24.1 Å². The van der Waals surface area contributed by atoms with Crippen LogP contribution in [0.3, 0.4) is 0 Å². The highest BCUT2D eigenvalue weighted by Crippen LogP contribution is 2.26. The number of benzene rings is 1. The third kappa shape index (κ3) is 4.20. The highest BCUT2D eigenvalue weighted by Gasteiger charge is 2.36. The molecule has 1 aromatic carbocycles. The smallest absolute Gasteiger partial charge is 0.244 e. The normalized spacial score (nSPS) is 18.8. The van der Waals surface area contributed by atoms with Gasteiger partial charge in [0.1, 0.15) is 6.04 Å². The molecular weight excluding hydrogens is 382 g/mol. The number of nitrogens with one attached hydrogen (secondary N) is 1. The summed E-state index contributed by atoms with van der Waals surface area (Å²) in [7, 11) is -3.85. The Morgan fingerprint density at radius 1 is 1.28 bits per heavy atom. The second kappa shape index (κ2) is 7.82. The molecule has 1 saturated heterocycles. The van der Waals surface area contributed by atoms with Crippen LogP contribution in [0.25, 0.3) is 0 Å². The predicted octanol–water partition coefficient (Wildman–Crippen LogP) is 2.66. The number of carbonyl (C=O) groups is 1. The molecule has 3 rings (SSSR count). The van der Waals surface area contributed by atoms with Crippen molar-refractivity contribution < 1.29 is 13.2 Å². The molecule has 0 aliphatic carbocycles. The molecule has 0 spiro atoms. The van der Waals surface area contributed by atoms with E-state index in [-0.39, 0.29) is 17.3 Å². The van der Waals surface area contributed by atoms with Gasteiger partial charge >= 0.3 is 0 Å². The Labute approximate surface area is 155 Å². The molecule has 1 aliphatic heterocycles. The number of hydrogen-bond acceptors (Lipinski definition) is 5. The highest BCUT2D eigenvalue weighted by atomic mass is 35.5. The molecule has 1 fully saturated rings. The quantitative estimate of drug-likeness (QED) is 0.838. The van der Waals surface area contributed by atoms with Crippen LogP contribution in [-0.2, 0) is 21.4 Å². The van der Waals surface area contributed by atoms with Crippen molar-refractivity contribution in [2.75, 3.05) is 6.54 Å². The van der Waals surface area contributed by atoms with Gasteiger partial charge in [-0.15, -0.1) is 11.3 Å². The predicted molar refractivity (Wildman–Crippen MR) is 96.9 cm³/mol. The first-order valence-electron chi connectivity index (χ1n) is 7.91. The Balaban J connectivity index is 2.00. The van der Waals surface area contributed by atoms with Gasteiger partial charge in [-0.2, -0.15) is 4.31 Å². The van der Waals surface area contributed by atoms with Crippen LogP contribution in [0.4, 0.5) is 0 Å². The first-order valence-corrected chi connectivity index (χ1v) is 10.6. The van der Waals surface area contributed by atoms with Gasteiger partial charge in [-0.1, -0.05) is 11.6 Å². The number of aromatic nitrogens is 1. The molecule has 2 aromatic rings. The monoisotopic (exact) mass is 399 g/mol. The number of carbonyl (C=O) groups excluding carboxylic acids is 1. The Morgan fingerprint density at radius 3 is 2.72 bits per heavy atom. The maximum Gasteiger partial charge on any atom is 0.244 e. The minimum Gasteiger partial charge on any atom is -0.355 e. The van der Waals surface area contributed by atoms with Crippen LogP contribution in [0, 0.1) is 0 Å². The van der Waals surface area contributed by atoms with Gasteiger partial charge in [0, 0.05) is 22.6 Å². The van der Waals surface area contributed by atoms with E-state index in [0.29, 0.717) is 18.0 Å². The molecule has 9 heteroatoms. The molecular formula is C16H18ClN3O3S2. The second-order valence-electron chi connectivity index (χ2n) is 5.77. The summed E-state index contributed by atoms with van der Waals surface area (Å²) >= 11 is 7.24. The molecule has 2 heterocycles. The van der Waals surface area contributed by atoms with Crippen molar-refractivity contribution in [3.63, 3.8) is 0 Å². The molecule has 6 nitrogen and oxygen atoms in total. The summed E-state index contributed by atoms with van der Waals surface area (Å²) < 4.78 is 27.7. The van der Waals surface area contributed by atoms with Crippen molar-refractivity contribution in [3.05, 3.63) is 45.9 Å². The van der Waals surface area contributed by atoms with E-state index in [1.54, 1.807) is 11.7 Å². The summed E-state index contributed by atoms with van der Waals surface area (Å²) in [6.07, 6.45) is 3.76. The van der Waals surface area contributed by atoms with Crippen LogP contribution < -0.4 is 5.32 Å². The summed E-state index contributed by atoms with van der Waals surface area (Å²) in [6.45, 7) is 0.693. The van der Waals surface area contributed by atoms with E-state index in [1.807, 2.05) is 0 Å². The summed E-state index contributed by atoms with van der Waals surface area (Å²) in [6, 6.07) is 5.27. The van der Waals surface area contributed by atoms with Gasteiger partial charge in [0.2, 0.25) is 15.9 Å². The molecule has 1 atom stereocenters. The van der Waals surface area contributed by atoms with Gasteiger partial charge in [0.15, 0.2) is 0 Å². The number of rotatable bonds is 5. The lowest BCUT2D eigenvalue weighted by Gasteiger charge is -2.28. The van der Waals surface area contributed by atoms with E-state index in [0.717, 1.165) is 17.7 Å². The summed E-state index contributed by atoms with van der Waals surface area (Å²) in [5.41, 5.74) is 1.65. The molecule has 0 saturated carbocycles. The van der Waals surface area contributed by atoms with Gasteiger partial charge in [-0.25, -0.2) is 8.42 Å². The lowest BCUT2D eigenvalue weighted by molar-refractivity contribution is -0.124. The fraction of sp³-hybridized carbons (Fsp3) is 0.375. The average molecular weight is 400 g/mol. The van der Waals surface area contributed by atoms with E-state index in [9.17, 15) is 13.2 Å². The first-order chi connectivity index (χ1) is 12.0. The Bertz CT molecular complexity index is 823. The van der Waals surface area contributed by atoms with Gasteiger partial charge in [0.25, 0.3) is 0 Å². The maximum absolute atomic E-state index is 13.2. The summed E-state index contributed by atoms with van der Waals surface area (Å²) in [5, 5.41) is 3.27. The first kappa shape index (κ1) is 18.3. The molecule has 0 bridgehead atoms. The number of hydrogen-bond donors (Lipinski definition) is 1. The van der Waals surface area contributed by atoms with Crippen LogP contribution in [-0.4, -0.2) is 36.2 Å². The van der Waals surface area contributed by atoms with Crippen molar-refractivity contribution >= 4 is 38.9 Å². The number of amides is 1. The molecule has 1 aromatic heterocycles. The molecule has 134 valence electrons. The van der Waals surface area contributed by atoms with Gasteiger partial charge < -0.3 is 5.32 Å². The van der Waals surface area contributed by atoms with E-state index in [1.165, 1.54) is 39.9 Å². The van der Waals surface area contributed by atoms with Crippen molar-refractivity contribution in [1.82, 2.24) is 14.6 Å². The Hall–Kier alpha value is -1.48. The van der Waals surface area contributed by atoms with E-state index in [2.05, 4.69) is 10.3 Å². The zero-order valence-corrected chi connectivity index (χ0v) is 15.8. The minimum absolute atomic E-state index is 0.119. The van der Waals surface area contributed by atoms with Gasteiger partial charge in [-0.05, 0) is 43.5 Å². The van der Waals surface area contributed by atoms with E-state index < -0.39 is 16.1 Å². The third-order valence-electron chi connectivity index (χ3n) is 4.07. The third-order valence-corrected chi connectivity index (χ3v) is 6.95. The zero-order valence-electron chi connectivity index (χ0n) is 13.4. The standard InChI is InChI=1S/C16H18ClN3O3S2/c17-12-4-6-14(7-5-12)25(22,23)20(10-13-9-18-11-24-13)15-3-1-2-8-19-16(15)21/h4-7,9,11,15H,1-3,8,10H2,(H,19,21). The van der Waals surface area contributed by atoms with Crippen LogP contribution in [0.5, 0.6) is 0 Å². The van der Waals surface area contributed by atoms with Crippen molar-refractivity contribution in [2.45, 2.75) is 36.7 Å². The number of nitrogens with zero attached hydrogens (tertiary/aromatic N) is 2. The topological polar surface area (TPSA) is 79.4 Å². The zero-order chi connectivity index (χ0) is 17.9. The van der Waals surface area contributed by atoms with Crippen LogP contribution in [0.2, 0.25) is 5.02 Å². The largest absolute Gasteiger partial charge is 0.355 e. The van der Waals surface area contributed by atoms with E-state index >= 15 is 0 Å². The maximum atomic E-state index is 13.2. The van der Waals surface area contributed by atoms with E-state index in [4.69, 9.17) is 11.6 Å². The number of sulfonamides is 1. The molecule has 1 aliphatic rings. The fourth-order valence-corrected chi connectivity index (χ4v) is 5.17. The van der Waals surface area contributed by atoms with Gasteiger partial charge in [-0.3, -0.25) is 9.78 Å². The summed E-state index contributed by atoms with van der Waals surface area (Å²) in [4.78, 5) is 17.4. The SMILES string of the molecule is O=C1NCCCCC1N(Cc1cncs1)S(=O)(=O)c1ccc(Cl)cc1. The van der Waals surface area contributed by atoms with Crippen molar-refractivity contribution in [3.8, 4) is 0 Å². The average Bonchev–Trinajstić information content (AvgIpc) is 3.01. The Kier molecular flexibility index (Phi) is 5.73. The van der Waals surface area contributed by atoms with Gasteiger partial charge in [0.05, 0.1) is 17.0 Å². The van der Waals surface area contributed by atoms with Crippen LogP contribution in [0.15, 0.2) is 40.9 Å². The molecule has 1 unspecified atom stereocenters. The lowest BCUT2D eigenvalue weighted by atomic mass is 10.1. The number of halogens is 1. The van der Waals surface area contributed by atoms with Crippen molar-refractivity contribution in [2.24, 2.45) is 0 Å². The summed E-state index contributed by atoms with van der Waals surface area (Å²) in [5.74, 6) is -0.250. The lowest BCUT2D eigenvalue weighted by Crippen LogP contribution is -2.48. The van der Waals surface area contributed by atoms with Crippen molar-refractivity contribution in [1.29, 1.82) is 0 Å². The van der Waals surface area contributed by atoms with Crippen LogP contribution >= 0.6 is 22.9 Å².